The second-order valence-electron chi connectivity index (χ2n) is 8.40. The third kappa shape index (κ3) is 5.53. The maximum absolute atomic E-state index is 12.6. The molecule has 1 saturated heterocycles. The van der Waals surface area contributed by atoms with Crippen LogP contribution in [0, 0.1) is 13.8 Å². The van der Waals surface area contributed by atoms with E-state index in [0.717, 1.165) is 53.3 Å². The van der Waals surface area contributed by atoms with E-state index in [1.165, 1.54) is 4.70 Å². The van der Waals surface area contributed by atoms with E-state index in [4.69, 9.17) is 0 Å². The Morgan fingerprint density at radius 1 is 1.00 bits per heavy atom. The van der Waals surface area contributed by atoms with Crippen molar-refractivity contribution in [3.8, 4) is 0 Å². The molecular formula is C25H30N4O2S. The summed E-state index contributed by atoms with van der Waals surface area (Å²) in [5, 5.41) is 4.14. The number of carbonyl (C=O) groups is 2. The van der Waals surface area contributed by atoms with Crippen molar-refractivity contribution in [3.63, 3.8) is 0 Å². The fourth-order valence-corrected chi connectivity index (χ4v) is 5.13. The normalized spacial score (nSPS) is 14.6. The third-order valence-electron chi connectivity index (χ3n) is 5.96. The summed E-state index contributed by atoms with van der Waals surface area (Å²) in [7, 11) is 0. The van der Waals surface area contributed by atoms with Crippen LogP contribution in [0.2, 0.25) is 0 Å². The van der Waals surface area contributed by atoms with E-state index in [9.17, 15) is 9.59 Å². The van der Waals surface area contributed by atoms with Crippen molar-refractivity contribution in [1.82, 2.24) is 14.8 Å². The van der Waals surface area contributed by atoms with E-state index >= 15 is 0 Å². The number of amides is 2. The molecule has 7 heteroatoms. The molecule has 0 saturated carbocycles. The molecule has 0 bridgehead atoms. The van der Waals surface area contributed by atoms with Gasteiger partial charge in [0.2, 0.25) is 11.8 Å². The summed E-state index contributed by atoms with van der Waals surface area (Å²) in [6.07, 6.45) is 2.20. The maximum Gasteiger partial charge on any atom is 0.238 e. The van der Waals surface area contributed by atoms with Crippen molar-refractivity contribution < 1.29 is 9.59 Å². The van der Waals surface area contributed by atoms with Gasteiger partial charge in [-0.05, 0) is 49.9 Å². The highest BCUT2D eigenvalue weighted by Gasteiger charge is 2.22. The number of nitrogens with one attached hydrogen (secondary N) is 1. The molecule has 168 valence electrons. The number of aromatic nitrogens is 1. The smallest absolute Gasteiger partial charge is 0.238 e. The molecule has 4 rings (SSSR count). The summed E-state index contributed by atoms with van der Waals surface area (Å²) in [5.74, 6) is 0.198. The van der Waals surface area contributed by atoms with Gasteiger partial charge >= 0.3 is 0 Å². The first-order chi connectivity index (χ1) is 15.5. The first-order valence-electron chi connectivity index (χ1n) is 11.2. The molecule has 0 spiro atoms. The van der Waals surface area contributed by atoms with Crippen LogP contribution in [0.15, 0.2) is 42.5 Å². The number of rotatable bonds is 7. The molecule has 2 aromatic carbocycles. The molecule has 1 N–H and O–H groups in total. The van der Waals surface area contributed by atoms with Gasteiger partial charge in [-0.15, -0.1) is 11.3 Å². The number of para-hydroxylation sites is 2. The number of fused-ring (bicyclic) bond motifs is 1. The Balaban J connectivity index is 1.18. The Hall–Kier alpha value is -2.77. The van der Waals surface area contributed by atoms with Crippen LogP contribution >= 0.6 is 11.3 Å². The van der Waals surface area contributed by atoms with Crippen LogP contribution < -0.4 is 5.32 Å². The number of anilines is 1. The van der Waals surface area contributed by atoms with E-state index in [0.29, 0.717) is 26.1 Å². The lowest BCUT2D eigenvalue weighted by Crippen LogP contribution is -2.50. The van der Waals surface area contributed by atoms with Crippen molar-refractivity contribution in [1.29, 1.82) is 0 Å². The van der Waals surface area contributed by atoms with Gasteiger partial charge in [0.1, 0.15) is 0 Å². The van der Waals surface area contributed by atoms with Crippen molar-refractivity contribution in [3.05, 3.63) is 58.6 Å². The summed E-state index contributed by atoms with van der Waals surface area (Å²) < 4.78 is 1.20. The van der Waals surface area contributed by atoms with Crippen molar-refractivity contribution in [2.45, 2.75) is 33.1 Å². The molecule has 0 aliphatic carbocycles. The van der Waals surface area contributed by atoms with E-state index in [2.05, 4.69) is 21.3 Å². The van der Waals surface area contributed by atoms with E-state index in [-0.39, 0.29) is 11.8 Å². The van der Waals surface area contributed by atoms with Gasteiger partial charge in [-0.3, -0.25) is 14.5 Å². The number of nitrogens with zero attached hydrogens (tertiary/aromatic N) is 3. The van der Waals surface area contributed by atoms with Gasteiger partial charge in [0.15, 0.2) is 0 Å². The van der Waals surface area contributed by atoms with Crippen LogP contribution in [0.1, 0.15) is 29.0 Å². The summed E-state index contributed by atoms with van der Waals surface area (Å²) in [6, 6.07) is 14.2. The molecule has 2 heterocycles. The zero-order chi connectivity index (χ0) is 22.5. The predicted octanol–water partition coefficient (Wildman–Crippen LogP) is 4.02. The number of piperazine rings is 1. The first-order valence-corrected chi connectivity index (χ1v) is 12.0. The molecule has 0 unspecified atom stereocenters. The molecule has 1 fully saturated rings. The minimum Gasteiger partial charge on any atom is -0.340 e. The lowest BCUT2D eigenvalue weighted by atomic mass is 10.1. The second kappa shape index (κ2) is 10.2. The Morgan fingerprint density at radius 2 is 1.72 bits per heavy atom. The Morgan fingerprint density at radius 3 is 2.44 bits per heavy atom. The maximum atomic E-state index is 12.6. The van der Waals surface area contributed by atoms with Crippen LogP contribution in [0.3, 0.4) is 0 Å². The fraction of sp³-hybridized carbons (Fsp3) is 0.400. The monoisotopic (exact) mass is 450 g/mol. The zero-order valence-electron chi connectivity index (χ0n) is 18.8. The van der Waals surface area contributed by atoms with Crippen molar-refractivity contribution >= 4 is 39.1 Å². The van der Waals surface area contributed by atoms with Gasteiger partial charge in [-0.25, -0.2) is 4.98 Å². The third-order valence-corrected chi connectivity index (χ3v) is 7.05. The molecular weight excluding hydrogens is 420 g/mol. The summed E-state index contributed by atoms with van der Waals surface area (Å²) in [4.78, 5) is 33.8. The lowest BCUT2D eigenvalue weighted by Gasteiger charge is -2.34. The average Bonchev–Trinajstić information content (AvgIpc) is 3.19. The first kappa shape index (κ1) is 22.4. The summed E-state index contributed by atoms with van der Waals surface area (Å²) in [5.41, 5.74) is 4.08. The van der Waals surface area contributed by atoms with E-state index < -0.39 is 0 Å². The Labute approximate surface area is 193 Å². The topological polar surface area (TPSA) is 65.5 Å². The highest BCUT2D eigenvalue weighted by molar-refractivity contribution is 7.18. The number of aryl methyl sites for hydroxylation is 3. The van der Waals surface area contributed by atoms with Crippen molar-refractivity contribution in [2.24, 2.45) is 0 Å². The van der Waals surface area contributed by atoms with Crippen molar-refractivity contribution in [2.75, 3.05) is 38.0 Å². The fourth-order valence-electron chi connectivity index (χ4n) is 4.12. The Bertz CT molecular complexity index is 1050. The molecule has 32 heavy (non-hydrogen) atoms. The number of thiazole rings is 1. The molecule has 3 aromatic rings. The number of carbonyl (C=O) groups excluding carboxylic acids is 2. The van der Waals surface area contributed by atoms with E-state index in [1.54, 1.807) is 11.3 Å². The van der Waals surface area contributed by atoms with Gasteiger partial charge in [-0.1, -0.05) is 30.3 Å². The Kier molecular flexibility index (Phi) is 7.17. The minimum atomic E-state index is -0.00184. The highest BCUT2D eigenvalue weighted by atomic mass is 32.1. The van der Waals surface area contributed by atoms with Crippen LogP contribution in [-0.2, 0) is 16.0 Å². The number of hydrogen-bond donors (Lipinski definition) is 1. The molecule has 2 amide bonds. The second-order valence-corrected chi connectivity index (χ2v) is 9.52. The van der Waals surface area contributed by atoms with Gasteiger partial charge in [0, 0.05) is 38.3 Å². The molecule has 1 aliphatic heterocycles. The summed E-state index contributed by atoms with van der Waals surface area (Å²) >= 11 is 1.71. The summed E-state index contributed by atoms with van der Waals surface area (Å²) in [6.45, 7) is 7.17. The largest absolute Gasteiger partial charge is 0.340 e. The standard InChI is InChI=1S/C25H30N4O2S/c1-18-7-5-8-19(2)25(18)27-22(30)17-28-13-15-29(16-14-28)24(31)12-6-11-23-26-20-9-3-4-10-21(20)32-23/h3-5,7-10H,6,11-17H2,1-2H3,(H,27,30). The molecule has 0 radical (unpaired) electrons. The minimum absolute atomic E-state index is 0.00184. The van der Waals surface area contributed by atoms with E-state index in [1.807, 2.05) is 55.1 Å². The van der Waals surface area contributed by atoms with Crippen LogP contribution in [-0.4, -0.2) is 59.3 Å². The van der Waals surface area contributed by atoms with Gasteiger partial charge in [-0.2, -0.15) is 0 Å². The van der Waals surface area contributed by atoms with Gasteiger partial charge < -0.3 is 10.2 Å². The molecule has 1 aromatic heterocycles. The average molecular weight is 451 g/mol. The highest BCUT2D eigenvalue weighted by Crippen LogP contribution is 2.23. The SMILES string of the molecule is Cc1cccc(C)c1NC(=O)CN1CCN(C(=O)CCCc2nc3ccccc3s2)CC1. The predicted molar refractivity (Wildman–Crippen MR) is 130 cm³/mol. The lowest BCUT2D eigenvalue weighted by molar-refractivity contribution is -0.133. The number of hydrogen-bond acceptors (Lipinski definition) is 5. The van der Waals surface area contributed by atoms with Gasteiger partial charge in [0.05, 0.1) is 21.8 Å². The van der Waals surface area contributed by atoms with Crippen LogP contribution in [0.4, 0.5) is 5.69 Å². The molecule has 6 nitrogen and oxygen atoms in total. The number of benzene rings is 2. The van der Waals surface area contributed by atoms with Crippen LogP contribution in [0.25, 0.3) is 10.2 Å². The van der Waals surface area contributed by atoms with Crippen LogP contribution in [0.5, 0.6) is 0 Å². The van der Waals surface area contributed by atoms with Gasteiger partial charge in [0.25, 0.3) is 0 Å². The quantitative estimate of drug-likeness (QED) is 0.591. The molecule has 0 atom stereocenters. The zero-order valence-corrected chi connectivity index (χ0v) is 19.6. The molecule has 1 aliphatic rings.